The fourth-order valence-electron chi connectivity index (χ4n) is 2.84. The highest BCUT2D eigenvalue weighted by molar-refractivity contribution is 7.99. The second-order valence-corrected chi connectivity index (χ2v) is 7.90. The van der Waals surface area contributed by atoms with Crippen molar-refractivity contribution in [1.82, 2.24) is 14.5 Å². The van der Waals surface area contributed by atoms with Crippen molar-refractivity contribution < 1.29 is 4.79 Å². The number of thiazole rings is 1. The molecule has 4 nitrogen and oxygen atoms in total. The lowest BCUT2D eigenvalue weighted by Gasteiger charge is -2.27. The lowest BCUT2D eigenvalue weighted by atomic mass is 10.2. The van der Waals surface area contributed by atoms with Crippen LogP contribution in [0.3, 0.4) is 0 Å². The van der Waals surface area contributed by atoms with Crippen molar-refractivity contribution in [3.05, 3.63) is 27.8 Å². The summed E-state index contributed by atoms with van der Waals surface area (Å²) in [6.07, 6.45) is 0. The maximum absolute atomic E-state index is 12.5. The summed E-state index contributed by atoms with van der Waals surface area (Å²) in [4.78, 5) is 19.1. The molecule has 0 bridgehead atoms. The molecule has 0 saturated carbocycles. The van der Waals surface area contributed by atoms with Crippen LogP contribution in [0, 0.1) is 20.8 Å². The molecule has 1 aliphatic rings. The molecular formula is C16H21N3OS2. The van der Waals surface area contributed by atoms with Gasteiger partial charge in [0.05, 0.1) is 10.7 Å². The summed E-state index contributed by atoms with van der Waals surface area (Å²) in [5, 5.41) is 3.16. The van der Waals surface area contributed by atoms with Crippen LogP contribution in [0.2, 0.25) is 0 Å². The fourth-order valence-corrected chi connectivity index (χ4v) is 4.35. The Morgan fingerprint density at radius 2 is 2.00 bits per heavy atom. The minimum absolute atomic E-state index is 0.225. The predicted octanol–water partition coefficient (Wildman–Crippen LogP) is 3.11. The minimum Gasteiger partial charge on any atom is -0.339 e. The Labute approximate surface area is 139 Å². The summed E-state index contributed by atoms with van der Waals surface area (Å²) in [7, 11) is 0. The number of nitrogens with zero attached hydrogens (tertiary/aromatic N) is 3. The summed E-state index contributed by atoms with van der Waals surface area (Å²) >= 11 is 3.59. The Balaban J connectivity index is 1.82. The van der Waals surface area contributed by atoms with Crippen LogP contribution >= 0.6 is 23.1 Å². The van der Waals surface area contributed by atoms with E-state index in [0.717, 1.165) is 52.2 Å². The Hall–Kier alpha value is -1.27. The molecule has 0 radical (unpaired) electrons. The van der Waals surface area contributed by atoms with Crippen molar-refractivity contribution in [1.29, 1.82) is 0 Å². The number of hydrogen-bond donors (Lipinski definition) is 0. The lowest BCUT2D eigenvalue weighted by Crippen LogP contribution is -2.40. The van der Waals surface area contributed by atoms with Gasteiger partial charge in [-0.05, 0) is 26.8 Å². The highest BCUT2D eigenvalue weighted by Gasteiger charge is 2.20. The molecule has 1 saturated heterocycles. The van der Waals surface area contributed by atoms with E-state index >= 15 is 0 Å². The minimum atomic E-state index is 0.225. The number of thioether (sulfide) groups is 1. The lowest BCUT2D eigenvalue weighted by molar-refractivity contribution is -0.131. The van der Waals surface area contributed by atoms with Gasteiger partial charge in [0.2, 0.25) is 5.91 Å². The van der Waals surface area contributed by atoms with Crippen LogP contribution in [0.25, 0.3) is 11.3 Å². The van der Waals surface area contributed by atoms with Crippen molar-refractivity contribution >= 4 is 29.0 Å². The Bertz CT molecular complexity index is 684. The van der Waals surface area contributed by atoms with E-state index in [2.05, 4.69) is 34.8 Å². The molecule has 0 atom stereocenters. The van der Waals surface area contributed by atoms with Gasteiger partial charge >= 0.3 is 0 Å². The molecule has 3 heterocycles. The zero-order valence-electron chi connectivity index (χ0n) is 13.3. The molecule has 0 aliphatic carbocycles. The SMILES string of the molecule is Cc1nc(-c2cc(C)n(CC(=O)N3CCSCC3)c2C)cs1. The second kappa shape index (κ2) is 6.46. The summed E-state index contributed by atoms with van der Waals surface area (Å²) in [5.41, 5.74) is 4.41. The van der Waals surface area contributed by atoms with E-state index in [4.69, 9.17) is 0 Å². The molecular weight excluding hydrogens is 314 g/mol. The molecule has 6 heteroatoms. The van der Waals surface area contributed by atoms with E-state index in [1.165, 1.54) is 0 Å². The largest absolute Gasteiger partial charge is 0.339 e. The molecule has 0 N–H and O–H groups in total. The van der Waals surface area contributed by atoms with Crippen molar-refractivity contribution in [2.45, 2.75) is 27.3 Å². The molecule has 0 aromatic carbocycles. The number of hydrogen-bond acceptors (Lipinski definition) is 4. The molecule has 1 amide bonds. The van der Waals surface area contributed by atoms with Crippen LogP contribution in [-0.2, 0) is 11.3 Å². The van der Waals surface area contributed by atoms with Gasteiger partial charge < -0.3 is 9.47 Å². The topological polar surface area (TPSA) is 38.1 Å². The third-order valence-electron chi connectivity index (χ3n) is 4.13. The van der Waals surface area contributed by atoms with Gasteiger partial charge in [-0.3, -0.25) is 4.79 Å². The molecule has 0 unspecified atom stereocenters. The van der Waals surface area contributed by atoms with E-state index in [1.807, 2.05) is 23.6 Å². The number of rotatable bonds is 3. The van der Waals surface area contributed by atoms with Crippen LogP contribution in [0.15, 0.2) is 11.4 Å². The number of aromatic nitrogens is 2. The van der Waals surface area contributed by atoms with Crippen molar-refractivity contribution in [2.24, 2.45) is 0 Å². The number of carbonyl (C=O) groups is 1. The van der Waals surface area contributed by atoms with Gasteiger partial charge in [-0.1, -0.05) is 0 Å². The van der Waals surface area contributed by atoms with Gasteiger partial charge in [0.1, 0.15) is 6.54 Å². The molecule has 1 aliphatic heterocycles. The Morgan fingerprint density at radius 3 is 2.64 bits per heavy atom. The maximum atomic E-state index is 12.5. The zero-order chi connectivity index (χ0) is 15.7. The third kappa shape index (κ3) is 3.08. The van der Waals surface area contributed by atoms with Gasteiger partial charge in [-0.15, -0.1) is 11.3 Å². The van der Waals surface area contributed by atoms with E-state index < -0.39 is 0 Å². The first kappa shape index (κ1) is 15.6. The van der Waals surface area contributed by atoms with E-state index in [1.54, 1.807) is 11.3 Å². The summed E-state index contributed by atoms with van der Waals surface area (Å²) in [5.74, 6) is 2.33. The van der Waals surface area contributed by atoms with Gasteiger partial charge in [-0.25, -0.2) is 4.98 Å². The Morgan fingerprint density at radius 1 is 1.27 bits per heavy atom. The third-order valence-corrected chi connectivity index (χ3v) is 5.84. The van der Waals surface area contributed by atoms with Crippen LogP contribution < -0.4 is 0 Å². The summed E-state index contributed by atoms with van der Waals surface area (Å²) in [6.45, 7) is 8.35. The van der Waals surface area contributed by atoms with Gasteiger partial charge in [0, 0.05) is 46.9 Å². The number of amides is 1. The second-order valence-electron chi connectivity index (χ2n) is 5.62. The smallest absolute Gasteiger partial charge is 0.242 e. The van der Waals surface area contributed by atoms with Gasteiger partial charge in [0.25, 0.3) is 0 Å². The van der Waals surface area contributed by atoms with Crippen LogP contribution in [0.5, 0.6) is 0 Å². The molecule has 2 aromatic rings. The van der Waals surface area contributed by atoms with Crippen LogP contribution in [0.4, 0.5) is 0 Å². The first-order valence-corrected chi connectivity index (χ1v) is 9.54. The molecule has 2 aromatic heterocycles. The molecule has 22 heavy (non-hydrogen) atoms. The van der Waals surface area contributed by atoms with E-state index in [0.29, 0.717) is 6.54 Å². The monoisotopic (exact) mass is 335 g/mol. The first-order valence-electron chi connectivity index (χ1n) is 7.51. The van der Waals surface area contributed by atoms with E-state index in [-0.39, 0.29) is 5.91 Å². The van der Waals surface area contributed by atoms with E-state index in [9.17, 15) is 4.79 Å². The van der Waals surface area contributed by atoms with Crippen molar-refractivity contribution in [3.8, 4) is 11.3 Å². The fraction of sp³-hybridized carbons (Fsp3) is 0.500. The zero-order valence-corrected chi connectivity index (χ0v) is 14.9. The standard InChI is InChI=1S/C16H21N3OS2/c1-11-8-14(15-10-22-13(3)17-15)12(2)19(11)9-16(20)18-4-6-21-7-5-18/h8,10H,4-7,9H2,1-3H3. The van der Waals surface area contributed by atoms with Crippen molar-refractivity contribution in [3.63, 3.8) is 0 Å². The number of carbonyl (C=O) groups excluding carboxylic acids is 1. The predicted molar refractivity (Wildman–Crippen MR) is 93.7 cm³/mol. The highest BCUT2D eigenvalue weighted by Crippen LogP contribution is 2.28. The van der Waals surface area contributed by atoms with Crippen molar-refractivity contribution in [2.75, 3.05) is 24.6 Å². The van der Waals surface area contributed by atoms with Crippen LogP contribution in [-0.4, -0.2) is 45.0 Å². The van der Waals surface area contributed by atoms with Gasteiger partial charge in [0.15, 0.2) is 0 Å². The summed E-state index contributed by atoms with van der Waals surface area (Å²) < 4.78 is 2.12. The number of aryl methyl sites for hydroxylation is 2. The summed E-state index contributed by atoms with van der Waals surface area (Å²) in [6, 6.07) is 2.14. The normalized spacial score (nSPS) is 15.3. The first-order chi connectivity index (χ1) is 10.6. The molecule has 0 spiro atoms. The molecule has 3 rings (SSSR count). The maximum Gasteiger partial charge on any atom is 0.242 e. The quantitative estimate of drug-likeness (QED) is 0.865. The van der Waals surface area contributed by atoms with Crippen LogP contribution in [0.1, 0.15) is 16.4 Å². The average Bonchev–Trinajstić information content (AvgIpc) is 3.06. The Kier molecular flexibility index (Phi) is 4.59. The average molecular weight is 335 g/mol. The van der Waals surface area contributed by atoms with Gasteiger partial charge in [-0.2, -0.15) is 11.8 Å². The highest BCUT2D eigenvalue weighted by atomic mass is 32.2. The molecule has 118 valence electrons. The molecule has 1 fully saturated rings.